The van der Waals surface area contributed by atoms with Crippen LogP contribution in [0.15, 0.2) is 47.3 Å². The van der Waals surface area contributed by atoms with Gasteiger partial charge in [-0.25, -0.2) is 0 Å². The predicted octanol–water partition coefficient (Wildman–Crippen LogP) is 3.13. The number of hydrogen-bond acceptors (Lipinski definition) is 4. The molecular formula is C21H23N3O3S. The van der Waals surface area contributed by atoms with E-state index in [9.17, 15) is 9.59 Å². The third kappa shape index (κ3) is 4.48. The van der Waals surface area contributed by atoms with Crippen molar-refractivity contribution in [3.8, 4) is 5.75 Å². The highest BCUT2D eigenvalue weighted by Gasteiger charge is 2.09. The SMILES string of the molecule is COc1ccc(C)cc1CCNC(=O)CCn1c(=S)[nH]c2ccccc2c1=O. The Morgan fingerprint density at radius 1 is 1.25 bits per heavy atom. The fraction of sp³-hybridized carbons (Fsp3) is 0.286. The van der Waals surface area contributed by atoms with Gasteiger partial charge in [0.1, 0.15) is 5.75 Å². The van der Waals surface area contributed by atoms with Crippen LogP contribution in [-0.2, 0) is 17.8 Å². The summed E-state index contributed by atoms with van der Waals surface area (Å²) in [5.74, 6) is 0.690. The Bertz CT molecular complexity index is 1120. The molecule has 0 fully saturated rings. The Labute approximate surface area is 168 Å². The predicted molar refractivity (Wildman–Crippen MR) is 112 cm³/mol. The smallest absolute Gasteiger partial charge is 0.262 e. The third-order valence-corrected chi connectivity index (χ3v) is 4.93. The van der Waals surface area contributed by atoms with Gasteiger partial charge in [0.25, 0.3) is 5.56 Å². The number of hydrogen-bond donors (Lipinski definition) is 2. The molecule has 0 aliphatic carbocycles. The first-order valence-corrected chi connectivity index (χ1v) is 9.52. The van der Waals surface area contributed by atoms with Gasteiger partial charge in [-0.15, -0.1) is 0 Å². The van der Waals surface area contributed by atoms with Gasteiger partial charge in [-0.2, -0.15) is 0 Å². The molecule has 3 rings (SSSR count). The number of para-hydroxylation sites is 1. The largest absolute Gasteiger partial charge is 0.496 e. The van der Waals surface area contributed by atoms with Crippen molar-refractivity contribution in [3.63, 3.8) is 0 Å². The third-order valence-electron chi connectivity index (χ3n) is 4.60. The van der Waals surface area contributed by atoms with Crippen molar-refractivity contribution in [1.82, 2.24) is 14.9 Å². The van der Waals surface area contributed by atoms with Crippen LogP contribution in [0, 0.1) is 11.7 Å². The number of carbonyl (C=O) groups is 1. The van der Waals surface area contributed by atoms with Crippen molar-refractivity contribution in [2.75, 3.05) is 13.7 Å². The maximum Gasteiger partial charge on any atom is 0.262 e. The average Bonchev–Trinajstić information content (AvgIpc) is 2.68. The standard InChI is InChI=1S/C21H23N3O3S/c1-14-7-8-18(27-2)15(13-14)9-11-22-19(25)10-12-24-20(26)16-5-3-4-6-17(16)23-21(24)28/h3-8,13H,9-12H2,1-2H3,(H,22,25)(H,23,28). The first-order chi connectivity index (χ1) is 13.5. The van der Waals surface area contributed by atoms with Crippen LogP contribution < -0.4 is 15.6 Å². The second-order valence-electron chi connectivity index (χ2n) is 6.60. The maximum absolute atomic E-state index is 12.6. The summed E-state index contributed by atoms with van der Waals surface area (Å²) in [5.41, 5.74) is 2.71. The Morgan fingerprint density at radius 2 is 2.04 bits per heavy atom. The summed E-state index contributed by atoms with van der Waals surface area (Å²) < 4.78 is 7.11. The zero-order valence-corrected chi connectivity index (χ0v) is 16.8. The van der Waals surface area contributed by atoms with Gasteiger partial charge < -0.3 is 15.0 Å². The van der Waals surface area contributed by atoms with Crippen molar-refractivity contribution in [2.45, 2.75) is 26.3 Å². The number of aryl methyl sites for hydroxylation is 1. The molecule has 0 saturated heterocycles. The van der Waals surface area contributed by atoms with Crippen molar-refractivity contribution >= 4 is 29.0 Å². The minimum absolute atomic E-state index is 0.124. The average molecular weight is 398 g/mol. The minimum Gasteiger partial charge on any atom is -0.496 e. The van der Waals surface area contributed by atoms with Gasteiger partial charge in [-0.3, -0.25) is 14.2 Å². The highest BCUT2D eigenvalue weighted by atomic mass is 32.1. The molecule has 2 aromatic carbocycles. The summed E-state index contributed by atoms with van der Waals surface area (Å²) in [6, 6.07) is 13.2. The number of nitrogens with zero attached hydrogens (tertiary/aromatic N) is 1. The van der Waals surface area contributed by atoms with Crippen LogP contribution in [0.3, 0.4) is 0 Å². The molecule has 6 nitrogen and oxygen atoms in total. The lowest BCUT2D eigenvalue weighted by atomic mass is 10.1. The molecule has 7 heteroatoms. The van der Waals surface area contributed by atoms with Gasteiger partial charge in [0.15, 0.2) is 4.77 Å². The van der Waals surface area contributed by atoms with Crippen LogP contribution in [0.5, 0.6) is 5.75 Å². The molecule has 2 N–H and O–H groups in total. The summed E-state index contributed by atoms with van der Waals surface area (Å²) in [6.45, 7) is 2.75. The normalized spacial score (nSPS) is 10.8. The lowest BCUT2D eigenvalue weighted by Gasteiger charge is -2.11. The highest BCUT2D eigenvalue weighted by molar-refractivity contribution is 7.71. The summed E-state index contributed by atoms with van der Waals surface area (Å²) in [5, 5.41) is 3.45. The number of H-pyrrole nitrogens is 1. The molecular weight excluding hydrogens is 374 g/mol. The van der Waals surface area contributed by atoms with Crippen LogP contribution in [0.2, 0.25) is 0 Å². The number of ether oxygens (including phenoxy) is 1. The zero-order chi connectivity index (χ0) is 20.1. The fourth-order valence-corrected chi connectivity index (χ4v) is 3.43. The van der Waals surface area contributed by atoms with Crippen molar-refractivity contribution in [3.05, 3.63) is 68.7 Å². The van der Waals surface area contributed by atoms with Gasteiger partial charge >= 0.3 is 0 Å². The topological polar surface area (TPSA) is 76.1 Å². The monoisotopic (exact) mass is 397 g/mol. The summed E-state index contributed by atoms with van der Waals surface area (Å²) in [7, 11) is 1.64. The van der Waals surface area contributed by atoms with Crippen molar-refractivity contribution in [2.24, 2.45) is 0 Å². The van der Waals surface area contributed by atoms with E-state index in [0.29, 0.717) is 28.6 Å². The molecule has 0 bridgehead atoms. The lowest BCUT2D eigenvalue weighted by molar-refractivity contribution is -0.121. The van der Waals surface area contributed by atoms with E-state index < -0.39 is 0 Å². The van der Waals surface area contributed by atoms with Gasteiger partial charge in [0, 0.05) is 19.5 Å². The van der Waals surface area contributed by atoms with Crippen molar-refractivity contribution < 1.29 is 9.53 Å². The number of benzene rings is 2. The van der Waals surface area contributed by atoms with E-state index in [-0.39, 0.29) is 24.4 Å². The molecule has 0 atom stereocenters. The molecule has 0 aliphatic rings. The Kier molecular flexibility index (Phi) is 6.26. The van der Waals surface area contributed by atoms with E-state index in [2.05, 4.69) is 16.4 Å². The number of methoxy groups -OCH3 is 1. The van der Waals surface area contributed by atoms with Crippen LogP contribution in [-0.4, -0.2) is 29.1 Å². The zero-order valence-electron chi connectivity index (χ0n) is 16.0. The highest BCUT2D eigenvalue weighted by Crippen LogP contribution is 2.19. The van der Waals surface area contributed by atoms with E-state index in [1.54, 1.807) is 19.2 Å². The van der Waals surface area contributed by atoms with E-state index >= 15 is 0 Å². The molecule has 0 radical (unpaired) electrons. The second-order valence-corrected chi connectivity index (χ2v) is 6.98. The van der Waals surface area contributed by atoms with Gasteiger partial charge in [0.2, 0.25) is 5.91 Å². The molecule has 0 spiro atoms. The number of carbonyl (C=O) groups excluding carboxylic acids is 1. The maximum atomic E-state index is 12.6. The first-order valence-electron chi connectivity index (χ1n) is 9.11. The van der Waals surface area contributed by atoms with E-state index in [1.807, 2.05) is 31.2 Å². The number of amides is 1. The van der Waals surface area contributed by atoms with E-state index in [4.69, 9.17) is 17.0 Å². The Hall–Kier alpha value is -2.93. The molecule has 0 saturated carbocycles. The van der Waals surface area contributed by atoms with Gasteiger partial charge in [-0.05, 0) is 49.3 Å². The number of fused-ring (bicyclic) bond motifs is 1. The van der Waals surface area contributed by atoms with E-state index in [1.165, 1.54) is 4.57 Å². The molecule has 3 aromatic rings. The van der Waals surface area contributed by atoms with Crippen LogP contribution >= 0.6 is 12.2 Å². The fourth-order valence-electron chi connectivity index (χ4n) is 3.14. The first kappa shape index (κ1) is 19.8. The quantitative estimate of drug-likeness (QED) is 0.601. The number of rotatable bonds is 7. The van der Waals surface area contributed by atoms with Gasteiger partial charge in [-0.1, -0.05) is 29.8 Å². The minimum atomic E-state index is -0.184. The van der Waals surface area contributed by atoms with Crippen LogP contribution in [0.4, 0.5) is 0 Å². The Balaban J connectivity index is 1.60. The van der Waals surface area contributed by atoms with E-state index in [0.717, 1.165) is 16.9 Å². The molecule has 0 unspecified atom stereocenters. The molecule has 28 heavy (non-hydrogen) atoms. The van der Waals surface area contributed by atoms with Gasteiger partial charge in [0.05, 0.1) is 18.0 Å². The number of nitrogens with one attached hydrogen (secondary N) is 2. The number of aromatic nitrogens is 2. The summed E-state index contributed by atoms with van der Waals surface area (Å²) in [6.07, 6.45) is 0.854. The molecule has 146 valence electrons. The molecule has 1 heterocycles. The summed E-state index contributed by atoms with van der Waals surface area (Å²) in [4.78, 5) is 27.8. The molecule has 1 amide bonds. The Morgan fingerprint density at radius 3 is 2.82 bits per heavy atom. The van der Waals surface area contributed by atoms with Crippen LogP contribution in [0.1, 0.15) is 17.5 Å². The molecule has 1 aromatic heterocycles. The lowest BCUT2D eigenvalue weighted by Crippen LogP contribution is -2.29. The summed E-state index contributed by atoms with van der Waals surface area (Å²) >= 11 is 5.27. The second kappa shape index (κ2) is 8.84. The molecule has 0 aliphatic heterocycles. The van der Waals surface area contributed by atoms with Crippen LogP contribution in [0.25, 0.3) is 10.9 Å². The number of aromatic amines is 1. The van der Waals surface area contributed by atoms with Crippen molar-refractivity contribution in [1.29, 1.82) is 0 Å².